The van der Waals surface area contributed by atoms with Crippen molar-refractivity contribution in [1.82, 2.24) is 9.88 Å². The van der Waals surface area contributed by atoms with Crippen LogP contribution in [0.15, 0.2) is 35.9 Å². The van der Waals surface area contributed by atoms with Gasteiger partial charge in [0, 0.05) is 30.9 Å². The number of aromatic nitrogens is 1. The summed E-state index contributed by atoms with van der Waals surface area (Å²) in [7, 11) is 2.08. The largest absolute Gasteiger partial charge is 0.306 e. The van der Waals surface area contributed by atoms with E-state index in [-0.39, 0.29) is 6.42 Å². The van der Waals surface area contributed by atoms with Crippen molar-refractivity contribution in [2.45, 2.75) is 19.3 Å². The highest BCUT2D eigenvalue weighted by atomic mass is 19.1. The normalized spacial score (nSPS) is 15.2. The van der Waals surface area contributed by atoms with E-state index >= 15 is 0 Å². The lowest BCUT2D eigenvalue weighted by Gasteiger charge is -2.23. The lowest BCUT2D eigenvalue weighted by atomic mass is 10.0. The van der Waals surface area contributed by atoms with Gasteiger partial charge in [0.05, 0.1) is 17.7 Å². The van der Waals surface area contributed by atoms with Crippen molar-refractivity contribution in [2.75, 3.05) is 20.1 Å². The Morgan fingerprint density at radius 1 is 1.15 bits per heavy atom. The summed E-state index contributed by atoms with van der Waals surface area (Å²) in [5.41, 5.74) is 1.69. The minimum atomic E-state index is -1.20. The summed E-state index contributed by atoms with van der Waals surface area (Å²) in [6.45, 7) is 1.99. The number of rotatable bonds is 4. The molecule has 1 aromatic heterocycles. The maximum atomic E-state index is 13.7. The Balaban J connectivity index is 1.77. The highest BCUT2D eigenvalue weighted by Crippen LogP contribution is 2.19. The van der Waals surface area contributed by atoms with E-state index in [0.717, 1.165) is 31.6 Å². The van der Waals surface area contributed by atoms with E-state index in [2.05, 4.69) is 16.9 Å². The third-order valence-electron chi connectivity index (χ3n) is 4.44. The molecule has 26 heavy (non-hydrogen) atoms. The quantitative estimate of drug-likeness (QED) is 0.772. The summed E-state index contributed by atoms with van der Waals surface area (Å²) in [5.74, 6) is -4.22. The second kappa shape index (κ2) is 7.83. The van der Waals surface area contributed by atoms with E-state index in [4.69, 9.17) is 0 Å². The monoisotopic (exact) mass is 360 g/mol. The van der Waals surface area contributed by atoms with E-state index in [9.17, 15) is 18.0 Å². The summed E-state index contributed by atoms with van der Waals surface area (Å²) in [6.07, 6.45) is 3.68. The molecular weight excluding hydrogens is 341 g/mol. The molecule has 2 heterocycles. The SMILES string of the molecule is CN1CCC(=Cc2cccc(CC(=O)c3c(F)cc(F)cc3F)n2)CC1. The van der Waals surface area contributed by atoms with Gasteiger partial charge in [-0.3, -0.25) is 9.78 Å². The Morgan fingerprint density at radius 2 is 1.81 bits per heavy atom. The first-order chi connectivity index (χ1) is 12.4. The van der Waals surface area contributed by atoms with Crippen LogP contribution in [0.1, 0.15) is 34.6 Å². The van der Waals surface area contributed by atoms with Gasteiger partial charge in [0.15, 0.2) is 5.78 Å². The van der Waals surface area contributed by atoms with Gasteiger partial charge >= 0.3 is 0 Å². The summed E-state index contributed by atoms with van der Waals surface area (Å²) in [5, 5.41) is 0. The number of carbonyl (C=O) groups excluding carboxylic acids is 1. The molecule has 0 aliphatic carbocycles. The van der Waals surface area contributed by atoms with Crippen LogP contribution in [-0.2, 0) is 6.42 Å². The number of halogens is 3. The zero-order valence-corrected chi connectivity index (χ0v) is 14.4. The number of pyridine rings is 1. The van der Waals surface area contributed by atoms with Gasteiger partial charge < -0.3 is 4.90 Å². The van der Waals surface area contributed by atoms with Gasteiger partial charge in [-0.2, -0.15) is 0 Å². The minimum Gasteiger partial charge on any atom is -0.306 e. The fraction of sp³-hybridized carbons (Fsp3) is 0.300. The van der Waals surface area contributed by atoms with Crippen LogP contribution in [-0.4, -0.2) is 35.8 Å². The summed E-state index contributed by atoms with van der Waals surface area (Å²) in [4.78, 5) is 18.9. The maximum Gasteiger partial charge on any atom is 0.174 e. The standard InChI is InChI=1S/C20H19F3N2O/c1-25-7-5-13(6-8-25)9-15-3-2-4-16(24-15)12-19(26)20-17(22)10-14(21)11-18(20)23/h2-4,9-11H,5-8,12H2,1H3. The third kappa shape index (κ3) is 4.38. The molecule has 0 spiro atoms. The highest BCUT2D eigenvalue weighted by Gasteiger charge is 2.19. The summed E-state index contributed by atoms with van der Waals surface area (Å²) < 4.78 is 40.5. The number of hydrogen-bond acceptors (Lipinski definition) is 3. The van der Waals surface area contributed by atoms with Gasteiger partial charge in [0.1, 0.15) is 17.5 Å². The van der Waals surface area contributed by atoms with Crippen molar-refractivity contribution in [2.24, 2.45) is 0 Å². The number of likely N-dealkylation sites (tertiary alicyclic amines) is 1. The second-order valence-corrected chi connectivity index (χ2v) is 6.50. The molecular formula is C20H19F3N2O. The molecule has 136 valence electrons. The van der Waals surface area contributed by atoms with E-state index in [0.29, 0.717) is 17.8 Å². The molecule has 1 aliphatic rings. The zero-order valence-electron chi connectivity index (χ0n) is 14.4. The van der Waals surface area contributed by atoms with E-state index in [1.165, 1.54) is 5.57 Å². The number of Topliss-reactive ketones (excluding diaryl/α,β-unsaturated/α-hetero) is 1. The molecule has 0 amide bonds. The van der Waals surface area contributed by atoms with Crippen LogP contribution < -0.4 is 0 Å². The average Bonchev–Trinajstić information content (AvgIpc) is 2.56. The molecule has 2 aromatic rings. The lowest BCUT2D eigenvalue weighted by molar-refractivity contribution is 0.0983. The van der Waals surface area contributed by atoms with Crippen molar-refractivity contribution in [3.63, 3.8) is 0 Å². The van der Waals surface area contributed by atoms with Gasteiger partial charge in [0.2, 0.25) is 0 Å². The van der Waals surface area contributed by atoms with Crippen LogP contribution in [0.25, 0.3) is 6.08 Å². The molecule has 0 N–H and O–H groups in total. The third-order valence-corrected chi connectivity index (χ3v) is 4.44. The topological polar surface area (TPSA) is 33.2 Å². The Hall–Kier alpha value is -2.47. The molecule has 0 radical (unpaired) electrons. The van der Waals surface area contributed by atoms with Crippen molar-refractivity contribution < 1.29 is 18.0 Å². The first-order valence-corrected chi connectivity index (χ1v) is 8.44. The van der Waals surface area contributed by atoms with Crippen LogP contribution in [0, 0.1) is 17.5 Å². The number of ketones is 1. The summed E-state index contributed by atoms with van der Waals surface area (Å²) in [6, 6.07) is 6.23. The van der Waals surface area contributed by atoms with Crippen LogP contribution in [0.3, 0.4) is 0 Å². The summed E-state index contributed by atoms with van der Waals surface area (Å²) >= 11 is 0. The van der Waals surface area contributed by atoms with Gasteiger partial charge in [-0.25, -0.2) is 13.2 Å². The minimum absolute atomic E-state index is 0.251. The Kier molecular flexibility index (Phi) is 5.52. The molecule has 6 heteroatoms. The van der Waals surface area contributed by atoms with Crippen molar-refractivity contribution in [1.29, 1.82) is 0 Å². The smallest absolute Gasteiger partial charge is 0.174 e. The Labute approximate surface area is 150 Å². The Morgan fingerprint density at radius 3 is 2.46 bits per heavy atom. The van der Waals surface area contributed by atoms with E-state index in [1.54, 1.807) is 12.1 Å². The molecule has 1 saturated heterocycles. The number of nitrogens with zero attached hydrogens (tertiary/aromatic N) is 2. The van der Waals surface area contributed by atoms with Crippen molar-refractivity contribution in [3.8, 4) is 0 Å². The number of hydrogen-bond donors (Lipinski definition) is 0. The van der Waals surface area contributed by atoms with Crippen molar-refractivity contribution >= 4 is 11.9 Å². The van der Waals surface area contributed by atoms with Gasteiger partial charge in [0.25, 0.3) is 0 Å². The molecule has 1 aromatic carbocycles. The van der Waals surface area contributed by atoms with Crippen molar-refractivity contribution in [3.05, 3.63) is 70.3 Å². The van der Waals surface area contributed by atoms with Crippen LogP contribution in [0.5, 0.6) is 0 Å². The second-order valence-electron chi connectivity index (χ2n) is 6.50. The van der Waals surface area contributed by atoms with Crippen LogP contribution in [0.4, 0.5) is 13.2 Å². The molecule has 1 aliphatic heterocycles. The number of carbonyl (C=O) groups is 1. The average molecular weight is 360 g/mol. The first-order valence-electron chi connectivity index (χ1n) is 8.44. The van der Waals surface area contributed by atoms with E-state index in [1.807, 2.05) is 12.1 Å². The van der Waals surface area contributed by atoms with Gasteiger partial charge in [-0.05, 0) is 38.1 Å². The van der Waals surface area contributed by atoms with Gasteiger partial charge in [-0.1, -0.05) is 11.6 Å². The highest BCUT2D eigenvalue weighted by molar-refractivity contribution is 5.97. The zero-order chi connectivity index (χ0) is 18.7. The maximum absolute atomic E-state index is 13.7. The fourth-order valence-electron chi connectivity index (χ4n) is 3.00. The lowest BCUT2D eigenvalue weighted by Crippen LogP contribution is -2.26. The molecule has 0 unspecified atom stereocenters. The number of benzene rings is 1. The first kappa shape index (κ1) is 18.3. The van der Waals surface area contributed by atoms with Crippen LogP contribution in [0.2, 0.25) is 0 Å². The molecule has 3 rings (SSSR count). The molecule has 3 nitrogen and oxygen atoms in total. The molecule has 0 saturated carbocycles. The predicted octanol–water partition coefficient (Wildman–Crippen LogP) is 4.03. The molecule has 0 atom stereocenters. The Bertz CT molecular complexity index is 831. The fourth-order valence-corrected chi connectivity index (χ4v) is 3.00. The predicted molar refractivity (Wildman–Crippen MR) is 93.3 cm³/mol. The molecule has 1 fully saturated rings. The molecule has 0 bridgehead atoms. The van der Waals surface area contributed by atoms with E-state index < -0.39 is 28.8 Å². The van der Waals surface area contributed by atoms with Crippen LogP contribution >= 0.6 is 0 Å². The van der Waals surface area contributed by atoms with Gasteiger partial charge in [-0.15, -0.1) is 0 Å². The number of piperidine rings is 1.